The summed E-state index contributed by atoms with van der Waals surface area (Å²) in [6.45, 7) is 3.54. The molecule has 3 aromatic rings. The number of hydrogen-bond acceptors (Lipinski definition) is 3. The van der Waals surface area contributed by atoms with Gasteiger partial charge in [-0.3, -0.25) is 9.56 Å². The highest BCUT2D eigenvalue weighted by Crippen LogP contribution is 2.47. The standard InChI is InChI=1S/C22H26N6.HI/c1-17-24-12-13-28(17)20-9-8-18(14-25-20)15-26-21(23-2)27-16-22(10-11-22)19-6-4-3-5-7-19;/h3-9,12-14H,10-11,15-16H2,1-2H3,(H2,23,26,27);1H. The minimum atomic E-state index is 0. The van der Waals surface area contributed by atoms with Crippen molar-refractivity contribution in [1.82, 2.24) is 25.2 Å². The predicted molar refractivity (Wildman–Crippen MR) is 127 cm³/mol. The molecule has 2 aromatic heterocycles. The third kappa shape index (κ3) is 4.95. The Kier molecular flexibility index (Phi) is 6.89. The lowest BCUT2D eigenvalue weighted by atomic mass is 9.96. The molecule has 6 nitrogen and oxygen atoms in total. The van der Waals surface area contributed by atoms with Crippen molar-refractivity contribution in [2.75, 3.05) is 13.6 Å². The highest BCUT2D eigenvalue weighted by molar-refractivity contribution is 14.0. The molecule has 0 unspecified atom stereocenters. The van der Waals surface area contributed by atoms with Gasteiger partial charge in [0.05, 0.1) is 0 Å². The molecule has 0 radical (unpaired) electrons. The van der Waals surface area contributed by atoms with E-state index in [0.717, 1.165) is 29.7 Å². The molecule has 0 bridgehead atoms. The zero-order valence-electron chi connectivity index (χ0n) is 16.8. The number of imidazole rings is 1. The first kappa shape index (κ1) is 21.3. The van der Waals surface area contributed by atoms with Gasteiger partial charge in [-0.25, -0.2) is 9.97 Å². The van der Waals surface area contributed by atoms with Crippen LogP contribution in [0.25, 0.3) is 5.82 Å². The van der Waals surface area contributed by atoms with E-state index in [1.807, 2.05) is 30.0 Å². The molecule has 1 saturated carbocycles. The Morgan fingerprint density at radius 1 is 1.10 bits per heavy atom. The Balaban J connectivity index is 0.00000240. The van der Waals surface area contributed by atoms with E-state index in [1.54, 1.807) is 13.2 Å². The van der Waals surface area contributed by atoms with E-state index in [9.17, 15) is 0 Å². The smallest absolute Gasteiger partial charge is 0.191 e. The molecular weight excluding hydrogens is 475 g/mol. The number of nitrogens with zero attached hydrogens (tertiary/aromatic N) is 4. The van der Waals surface area contributed by atoms with Gasteiger partial charge in [0, 0.05) is 44.1 Å². The molecule has 0 spiro atoms. The number of pyridine rings is 1. The fourth-order valence-corrected chi connectivity index (χ4v) is 3.45. The van der Waals surface area contributed by atoms with Crippen molar-refractivity contribution >= 4 is 29.9 Å². The van der Waals surface area contributed by atoms with Gasteiger partial charge in [-0.05, 0) is 37.0 Å². The first-order valence-electron chi connectivity index (χ1n) is 9.65. The van der Waals surface area contributed by atoms with Gasteiger partial charge >= 0.3 is 0 Å². The second kappa shape index (κ2) is 9.39. The SMILES string of the molecule is CN=C(NCc1ccc(-n2ccnc2C)nc1)NCC1(c2ccccc2)CC1.I. The van der Waals surface area contributed by atoms with Gasteiger partial charge in [0.2, 0.25) is 0 Å². The molecule has 1 aliphatic rings. The largest absolute Gasteiger partial charge is 0.356 e. The molecule has 1 aromatic carbocycles. The summed E-state index contributed by atoms with van der Waals surface area (Å²) in [7, 11) is 1.81. The molecule has 29 heavy (non-hydrogen) atoms. The number of aromatic nitrogens is 3. The summed E-state index contributed by atoms with van der Waals surface area (Å²) in [5, 5.41) is 6.87. The van der Waals surface area contributed by atoms with E-state index in [0.29, 0.717) is 6.54 Å². The third-order valence-electron chi connectivity index (χ3n) is 5.40. The lowest BCUT2D eigenvalue weighted by Gasteiger charge is -2.19. The lowest BCUT2D eigenvalue weighted by molar-refractivity contribution is 0.645. The molecule has 0 amide bonds. The Morgan fingerprint density at radius 3 is 2.48 bits per heavy atom. The minimum Gasteiger partial charge on any atom is -0.356 e. The molecule has 152 valence electrons. The van der Waals surface area contributed by atoms with Gasteiger partial charge in [0.1, 0.15) is 11.6 Å². The maximum atomic E-state index is 4.54. The van der Waals surface area contributed by atoms with Gasteiger partial charge in [-0.1, -0.05) is 36.4 Å². The number of halogens is 1. The number of aryl methyl sites for hydroxylation is 1. The molecule has 0 atom stereocenters. The van der Waals surface area contributed by atoms with E-state index < -0.39 is 0 Å². The average molecular weight is 502 g/mol. The molecule has 7 heteroatoms. The van der Waals surface area contributed by atoms with Crippen LogP contribution < -0.4 is 10.6 Å². The molecule has 0 saturated heterocycles. The van der Waals surface area contributed by atoms with Gasteiger partial charge in [0.25, 0.3) is 0 Å². The number of hydrogen-bond donors (Lipinski definition) is 2. The van der Waals surface area contributed by atoms with Crippen LogP contribution >= 0.6 is 24.0 Å². The van der Waals surface area contributed by atoms with Crippen LogP contribution in [0.3, 0.4) is 0 Å². The van der Waals surface area contributed by atoms with Crippen molar-refractivity contribution in [2.24, 2.45) is 4.99 Å². The van der Waals surface area contributed by atoms with Gasteiger partial charge < -0.3 is 10.6 Å². The molecular formula is C22H27IN6. The van der Waals surface area contributed by atoms with Crippen LogP contribution in [0.2, 0.25) is 0 Å². The second-order valence-electron chi connectivity index (χ2n) is 7.29. The maximum absolute atomic E-state index is 4.54. The zero-order valence-corrected chi connectivity index (χ0v) is 19.1. The summed E-state index contributed by atoms with van der Waals surface area (Å²) >= 11 is 0. The number of guanidine groups is 1. The fourth-order valence-electron chi connectivity index (χ4n) is 3.45. The highest BCUT2D eigenvalue weighted by atomic mass is 127. The number of benzene rings is 1. The van der Waals surface area contributed by atoms with Crippen molar-refractivity contribution in [3.8, 4) is 5.82 Å². The first-order chi connectivity index (χ1) is 13.7. The maximum Gasteiger partial charge on any atom is 0.191 e. The van der Waals surface area contributed by atoms with Crippen molar-refractivity contribution in [3.05, 3.63) is 78.0 Å². The van der Waals surface area contributed by atoms with Crippen LogP contribution in [0.1, 0.15) is 29.8 Å². The number of rotatable bonds is 6. The Morgan fingerprint density at radius 2 is 1.90 bits per heavy atom. The lowest BCUT2D eigenvalue weighted by Crippen LogP contribution is -2.40. The van der Waals surface area contributed by atoms with Crippen LogP contribution in [-0.4, -0.2) is 34.1 Å². The van der Waals surface area contributed by atoms with Crippen LogP contribution in [0.4, 0.5) is 0 Å². The summed E-state index contributed by atoms with van der Waals surface area (Å²) in [6.07, 6.45) is 8.04. The summed E-state index contributed by atoms with van der Waals surface area (Å²) in [6, 6.07) is 14.8. The predicted octanol–water partition coefficient (Wildman–Crippen LogP) is 3.59. The van der Waals surface area contributed by atoms with Crippen LogP contribution in [0, 0.1) is 6.92 Å². The number of nitrogens with one attached hydrogen (secondary N) is 2. The van der Waals surface area contributed by atoms with Crippen molar-refractivity contribution < 1.29 is 0 Å². The third-order valence-corrected chi connectivity index (χ3v) is 5.40. The summed E-state index contributed by atoms with van der Waals surface area (Å²) in [4.78, 5) is 13.1. The minimum absolute atomic E-state index is 0. The summed E-state index contributed by atoms with van der Waals surface area (Å²) in [5.74, 6) is 2.62. The van der Waals surface area contributed by atoms with Crippen molar-refractivity contribution in [1.29, 1.82) is 0 Å². The van der Waals surface area contributed by atoms with Crippen molar-refractivity contribution in [3.63, 3.8) is 0 Å². The number of aliphatic imine (C=N–C) groups is 1. The van der Waals surface area contributed by atoms with Gasteiger partial charge in [-0.15, -0.1) is 24.0 Å². The molecule has 2 N–H and O–H groups in total. The molecule has 1 fully saturated rings. The average Bonchev–Trinajstić information content (AvgIpc) is 3.42. The van der Waals surface area contributed by atoms with Gasteiger partial charge in [-0.2, -0.15) is 0 Å². The van der Waals surface area contributed by atoms with E-state index in [-0.39, 0.29) is 29.4 Å². The molecule has 0 aliphatic heterocycles. The molecule has 2 heterocycles. The van der Waals surface area contributed by atoms with Crippen LogP contribution in [0.5, 0.6) is 0 Å². The summed E-state index contributed by atoms with van der Waals surface area (Å²) < 4.78 is 1.97. The Hall–Kier alpha value is -2.42. The second-order valence-corrected chi connectivity index (χ2v) is 7.29. The quantitative estimate of drug-likeness (QED) is 0.307. The zero-order chi connectivity index (χ0) is 19.4. The normalized spacial score (nSPS) is 14.8. The molecule has 4 rings (SSSR count). The van der Waals surface area contributed by atoms with E-state index in [1.165, 1.54) is 18.4 Å². The first-order valence-corrected chi connectivity index (χ1v) is 9.65. The van der Waals surface area contributed by atoms with E-state index in [4.69, 9.17) is 0 Å². The highest BCUT2D eigenvalue weighted by Gasteiger charge is 2.43. The van der Waals surface area contributed by atoms with Gasteiger partial charge in [0.15, 0.2) is 5.96 Å². The van der Waals surface area contributed by atoms with Crippen molar-refractivity contribution in [2.45, 2.75) is 31.7 Å². The Bertz CT molecular complexity index is 945. The fraction of sp³-hybridized carbons (Fsp3) is 0.318. The van der Waals surface area contributed by atoms with Crippen LogP contribution in [-0.2, 0) is 12.0 Å². The van der Waals surface area contributed by atoms with E-state index >= 15 is 0 Å². The van der Waals surface area contributed by atoms with E-state index in [2.05, 4.69) is 62.0 Å². The molecule has 1 aliphatic carbocycles. The summed E-state index contributed by atoms with van der Waals surface area (Å²) in [5.41, 5.74) is 2.77. The topological polar surface area (TPSA) is 67.1 Å². The van der Waals surface area contributed by atoms with Crippen LogP contribution in [0.15, 0.2) is 66.0 Å². The monoisotopic (exact) mass is 502 g/mol. The Labute approximate surface area is 188 Å².